The third kappa shape index (κ3) is 4.34. The van der Waals surface area contributed by atoms with Crippen LogP contribution in [0.1, 0.15) is 49.5 Å². The summed E-state index contributed by atoms with van der Waals surface area (Å²) in [5, 5.41) is 0. The normalized spacial score (nSPS) is 10.1. The van der Waals surface area contributed by atoms with Crippen LogP contribution in [0.4, 0.5) is 0 Å². The fraction of sp³-hybridized carbons (Fsp3) is 0.462. The molecule has 0 N–H and O–H groups in total. The lowest BCUT2D eigenvalue weighted by atomic mass is 10.1. The monoisotopic (exact) mass is 219 g/mol. The van der Waals surface area contributed by atoms with Crippen LogP contribution in [0.2, 0.25) is 0 Å². The van der Waals surface area contributed by atoms with Crippen molar-refractivity contribution in [1.29, 1.82) is 0 Å². The number of rotatable bonds is 7. The van der Waals surface area contributed by atoms with Gasteiger partial charge in [0.05, 0.1) is 6.42 Å². The molecule has 1 rings (SSSR count). The number of ketones is 2. The summed E-state index contributed by atoms with van der Waals surface area (Å²) in [6.45, 7) is 2.09. The summed E-state index contributed by atoms with van der Waals surface area (Å²) < 4.78 is 0. The molecule has 0 radical (unpaired) electrons. The lowest BCUT2D eigenvalue weighted by Crippen LogP contribution is -2.09. The van der Waals surface area contributed by atoms with Crippen LogP contribution in [0.5, 0.6) is 0 Å². The Kier molecular flexibility index (Phi) is 5.40. The molecule has 0 bridgehead atoms. The smallest absolute Gasteiger partial charge is 0.188 e. The molecule has 0 aromatic carbocycles. The first-order valence-corrected chi connectivity index (χ1v) is 5.70. The first-order chi connectivity index (χ1) is 7.74. The summed E-state index contributed by atoms with van der Waals surface area (Å²) >= 11 is 0. The Morgan fingerprint density at radius 1 is 1.25 bits per heavy atom. The van der Waals surface area contributed by atoms with Gasteiger partial charge in [0.15, 0.2) is 5.78 Å². The Morgan fingerprint density at radius 3 is 2.69 bits per heavy atom. The fourth-order valence-electron chi connectivity index (χ4n) is 1.46. The molecule has 0 spiro atoms. The second kappa shape index (κ2) is 6.88. The first kappa shape index (κ1) is 12.6. The molecule has 0 fully saturated rings. The summed E-state index contributed by atoms with van der Waals surface area (Å²) in [6, 6.07) is 5.14. The number of pyridine rings is 1. The van der Waals surface area contributed by atoms with Crippen molar-refractivity contribution in [3.63, 3.8) is 0 Å². The average molecular weight is 219 g/mol. The van der Waals surface area contributed by atoms with E-state index in [1.165, 1.54) is 0 Å². The molecule has 1 aromatic heterocycles. The summed E-state index contributed by atoms with van der Waals surface area (Å²) in [5.74, 6) is -0.161. The van der Waals surface area contributed by atoms with Crippen molar-refractivity contribution in [3.05, 3.63) is 30.1 Å². The zero-order chi connectivity index (χ0) is 11.8. The molecule has 86 valence electrons. The van der Waals surface area contributed by atoms with Crippen LogP contribution >= 0.6 is 0 Å². The maximum atomic E-state index is 11.6. The van der Waals surface area contributed by atoms with E-state index >= 15 is 0 Å². The number of carbonyl (C=O) groups is 2. The molecule has 0 atom stereocenters. The maximum Gasteiger partial charge on any atom is 0.188 e. The van der Waals surface area contributed by atoms with E-state index in [2.05, 4.69) is 11.9 Å². The quantitative estimate of drug-likeness (QED) is 0.402. The van der Waals surface area contributed by atoms with E-state index in [0.29, 0.717) is 12.1 Å². The van der Waals surface area contributed by atoms with E-state index in [1.54, 1.807) is 24.4 Å². The Labute approximate surface area is 95.9 Å². The summed E-state index contributed by atoms with van der Waals surface area (Å²) in [7, 11) is 0. The number of hydrogen-bond donors (Lipinski definition) is 0. The highest BCUT2D eigenvalue weighted by atomic mass is 16.1. The Morgan fingerprint density at radius 2 is 2.06 bits per heavy atom. The molecule has 16 heavy (non-hydrogen) atoms. The van der Waals surface area contributed by atoms with Gasteiger partial charge in [0.1, 0.15) is 11.5 Å². The van der Waals surface area contributed by atoms with E-state index in [4.69, 9.17) is 0 Å². The molecule has 0 aliphatic heterocycles. The molecule has 3 nitrogen and oxygen atoms in total. The van der Waals surface area contributed by atoms with Gasteiger partial charge in [0.2, 0.25) is 0 Å². The SMILES string of the molecule is CCCCCC(=O)CC(=O)c1ccccn1. The molecule has 0 saturated carbocycles. The third-order valence-corrected chi connectivity index (χ3v) is 2.37. The van der Waals surface area contributed by atoms with Gasteiger partial charge in [0, 0.05) is 12.6 Å². The first-order valence-electron chi connectivity index (χ1n) is 5.70. The minimum atomic E-state index is -0.179. The minimum absolute atomic E-state index is 0.0132. The van der Waals surface area contributed by atoms with Crippen molar-refractivity contribution < 1.29 is 9.59 Å². The van der Waals surface area contributed by atoms with Crippen LogP contribution < -0.4 is 0 Å². The Balaban J connectivity index is 2.37. The van der Waals surface area contributed by atoms with E-state index < -0.39 is 0 Å². The standard InChI is InChI=1S/C13H17NO2/c1-2-3-4-7-11(15)10-13(16)12-8-5-6-9-14-12/h5-6,8-9H,2-4,7,10H2,1H3. The van der Waals surface area contributed by atoms with E-state index in [9.17, 15) is 9.59 Å². The van der Waals surface area contributed by atoms with Crippen LogP contribution in [0, 0.1) is 0 Å². The maximum absolute atomic E-state index is 11.6. The summed E-state index contributed by atoms with van der Waals surface area (Å²) in [4.78, 5) is 27.0. The number of carbonyl (C=O) groups excluding carboxylic acids is 2. The van der Waals surface area contributed by atoms with Crippen molar-refractivity contribution in [3.8, 4) is 0 Å². The van der Waals surface area contributed by atoms with Crippen molar-refractivity contribution >= 4 is 11.6 Å². The minimum Gasteiger partial charge on any atom is -0.299 e. The topological polar surface area (TPSA) is 47.0 Å². The van der Waals surface area contributed by atoms with Crippen molar-refractivity contribution in [2.24, 2.45) is 0 Å². The molecule has 0 amide bonds. The van der Waals surface area contributed by atoms with Crippen LogP contribution in [0.25, 0.3) is 0 Å². The van der Waals surface area contributed by atoms with Gasteiger partial charge >= 0.3 is 0 Å². The van der Waals surface area contributed by atoms with Crippen LogP contribution in [-0.2, 0) is 4.79 Å². The highest BCUT2D eigenvalue weighted by molar-refractivity contribution is 6.06. The molecule has 1 heterocycles. The molecule has 3 heteroatoms. The average Bonchev–Trinajstić information content (AvgIpc) is 2.30. The third-order valence-electron chi connectivity index (χ3n) is 2.37. The summed E-state index contributed by atoms with van der Waals surface area (Å²) in [6.07, 6.45) is 5.07. The van der Waals surface area contributed by atoms with E-state index in [-0.39, 0.29) is 18.0 Å². The second-order valence-corrected chi connectivity index (χ2v) is 3.81. The van der Waals surface area contributed by atoms with Crippen molar-refractivity contribution in [2.45, 2.75) is 39.0 Å². The van der Waals surface area contributed by atoms with Crippen molar-refractivity contribution in [1.82, 2.24) is 4.98 Å². The Bertz CT molecular complexity index is 346. The second-order valence-electron chi connectivity index (χ2n) is 3.81. The van der Waals surface area contributed by atoms with E-state index in [0.717, 1.165) is 19.3 Å². The van der Waals surface area contributed by atoms with Crippen LogP contribution in [0.15, 0.2) is 24.4 Å². The van der Waals surface area contributed by atoms with Gasteiger partial charge < -0.3 is 0 Å². The zero-order valence-electron chi connectivity index (χ0n) is 9.61. The van der Waals surface area contributed by atoms with Gasteiger partial charge in [-0.1, -0.05) is 25.8 Å². The summed E-state index contributed by atoms with van der Waals surface area (Å²) in [5.41, 5.74) is 0.381. The largest absolute Gasteiger partial charge is 0.299 e. The molecular formula is C13H17NO2. The van der Waals surface area contributed by atoms with Gasteiger partial charge in [-0.05, 0) is 18.6 Å². The number of nitrogens with zero attached hydrogens (tertiary/aromatic N) is 1. The molecule has 0 unspecified atom stereocenters. The van der Waals surface area contributed by atoms with Crippen LogP contribution in [-0.4, -0.2) is 16.6 Å². The highest BCUT2D eigenvalue weighted by Crippen LogP contribution is 2.05. The number of hydrogen-bond acceptors (Lipinski definition) is 3. The molecule has 0 saturated heterocycles. The predicted molar refractivity (Wildman–Crippen MR) is 62.3 cm³/mol. The number of aromatic nitrogens is 1. The molecule has 1 aromatic rings. The lowest BCUT2D eigenvalue weighted by Gasteiger charge is -1.99. The number of unbranched alkanes of at least 4 members (excludes halogenated alkanes) is 2. The van der Waals surface area contributed by atoms with Crippen molar-refractivity contribution in [2.75, 3.05) is 0 Å². The zero-order valence-corrected chi connectivity index (χ0v) is 9.61. The van der Waals surface area contributed by atoms with Gasteiger partial charge in [-0.2, -0.15) is 0 Å². The fourth-order valence-corrected chi connectivity index (χ4v) is 1.46. The number of Topliss-reactive ketones (excluding diaryl/α,β-unsaturated/α-hetero) is 2. The predicted octanol–water partition coefficient (Wildman–Crippen LogP) is 2.80. The molecule has 0 aliphatic carbocycles. The highest BCUT2D eigenvalue weighted by Gasteiger charge is 2.11. The molecule has 0 aliphatic rings. The lowest BCUT2D eigenvalue weighted by molar-refractivity contribution is -0.118. The van der Waals surface area contributed by atoms with Gasteiger partial charge in [-0.15, -0.1) is 0 Å². The Hall–Kier alpha value is -1.51. The molecular weight excluding hydrogens is 202 g/mol. The van der Waals surface area contributed by atoms with Crippen LogP contribution in [0.3, 0.4) is 0 Å². The van der Waals surface area contributed by atoms with Gasteiger partial charge in [0.25, 0.3) is 0 Å². The van der Waals surface area contributed by atoms with Gasteiger partial charge in [-0.3, -0.25) is 14.6 Å². The van der Waals surface area contributed by atoms with Gasteiger partial charge in [-0.25, -0.2) is 0 Å². The van der Waals surface area contributed by atoms with E-state index in [1.807, 2.05) is 0 Å².